The van der Waals surface area contributed by atoms with Crippen LogP contribution in [0.3, 0.4) is 0 Å². The van der Waals surface area contributed by atoms with Crippen molar-refractivity contribution in [1.82, 2.24) is 4.90 Å². The third-order valence-corrected chi connectivity index (χ3v) is 3.83. The molecule has 0 spiro atoms. The Hall–Kier alpha value is -1.66. The van der Waals surface area contributed by atoms with E-state index in [0.717, 1.165) is 38.0 Å². The fourth-order valence-electron chi connectivity index (χ4n) is 2.70. The van der Waals surface area contributed by atoms with Crippen LogP contribution in [0.1, 0.15) is 25.3 Å². The first-order valence-electron chi connectivity index (χ1n) is 7.41. The zero-order valence-electron chi connectivity index (χ0n) is 12.7. The summed E-state index contributed by atoms with van der Waals surface area (Å²) in [5.41, 5.74) is 1.79. The average Bonchev–Trinajstić information content (AvgIpc) is 2.93. The van der Waals surface area contributed by atoms with Gasteiger partial charge in [0.15, 0.2) is 0 Å². The van der Waals surface area contributed by atoms with Crippen LogP contribution in [-0.2, 0) is 11.3 Å². The molecule has 1 aliphatic rings. The highest BCUT2D eigenvalue weighted by Crippen LogP contribution is 2.30. The van der Waals surface area contributed by atoms with Crippen LogP contribution in [0.15, 0.2) is 18.2 Å². The van der Waals surface area contributed by atoms with Gasteiger partial charge in [-0.25, -0.2) is 0 Å². The lowest BCUT2D eigenvalue weighted by molar-refractivity contribution is -0.384. The Morgan fingerprint density at radius 2 is 2.33 bits per heavy atom. The molecule has 6 nitrogen and oxygen atoms in total. The lowest BCUT2D eigenvalue weighted by atomic mass is 10.1. The highest BCUT2D eigenvalue weighted by atomic mass is 16.6. The minimum atomic E-state index is -0.316. The van der Waals surface area contributed by atoms with E-state index in [-0.39, 0.29) is 16.7 Å². The van der Waals surface area contributed by atoms with Crippen molar-refractivity contribution < 1.29 is 9.66 Å². The zero-order valence-corrected chi connectivity index (χ0v) is 12.7. The van der Waals surface area contributed by atoms with Gasteiger partial charge in [0.1, 0.15) is 5.69 Å². The first-order chi connectivity index (χ1) is 10.2. The molecule has 1 fully saturated rings. The first-order valence-corrected chi connectivity index (χ1v) is 7.41. The largest absolute Gasteiger partial charge is 0.380 e. The van der Waals surface area contributed by atoms with Gasteiger partial charge in [0.25, 0.3) is 5.69 Å². The Balaban J connectivity index is 2.17. The molecule has 0 bridgehead atoms. The molecule has 0 saturated carbocycles. The number of nitro groups is 1. The summed E-state index contributed by atoms with van der Waals surface area (Å²) in [4.78, 5) is 13.2. The summed E-state index contributed by atoms with van der Waals surface area (Å²) >= 11 is 0. The number of methoxy groups -OCH3 is 1. The third kappa shape index (κ3) is 3.92. The number of nitrogens with zero attached hydrogens (tertiary/aromatic N) is 2. The van der Waals surface area contributed by atoms with Gasteiger partial charge in [-0.1, -0.05) is 19.1 Å². The quantitative estimate of drug-likeness (QED) is 0.618. The van der Waals surface area contributed by atoms with E-state index in [1.807, 2.05) is 13.0 Å². The maximum atomic E-state index is 11.2. The van der Waals surface area contributed by atoms with Crippen molar-refractivity contribution >= 4 is 11.4 Å². The second kappa shape index (κ2) is 7.38. The summed E-state index contributed by atoms with van der Waals surface area (Å²) < 4.78 is 5.37. The highest BCUT2D eigenvalue weighted by Gasteiger charge is 2.24. The molecular formula is C15H23N3O3. The van der Waals surface area contributed by atoms with Crippen molar-refractivity contribution in [2.45, 2.75) is 32.4 Å². The van der Waals surface area contributed by atoms with Crippen LogP contribution in [0.4, 0.5) is 11.4 Å². The summed E-state index contributed by atoms with van der Waals surface area (Å²) in [6.45, 7) is 5.35. The molecule has 1 atom stereocenters. The van der Waals surface area contributed by atoms with Gasteiger partial charge in [0.05, 0.1) is 11.0 Å². The smallest absolute Gasteiger partial charge is 0.292 e. The standard InChI is InChI=1S/C15H23N3O3/c1-3-8-16-15-12(5-4-6-14(15)18(19)20)10-17-9-7-13(11-17)21-2/h4-6,13,16H,3,7-11H2,1-2H3. The van der Waals surface area contributed by atoms with Crippen LogP contribution in [0.25, 0.3) is 0 Å². The molecule has 6 heteroatoms. The number of para-hydroxylation sites is 1. The number of hydrogen-bond donors (Lipinski definition) is 1. The number of benzene rings is 1. The molecule has 1 aromatic rings. The predicted molar refractivity (Wildman–Crippen MR) is 82.6 cm³/mol. The van der Waals surface area contributed by atoms with Crippen LogP contribution in [0, 0.1) is 10.1 Å². The lowest BCUT2D eigenvalue weighted by Crippen LogP contribution is -2.23. The van der Waals surface area contributed by atoms with Crippen molar-refractivity contribution in [2.75, 3.05) is 32.1 Å². The second-order valence-electron chi connectivity index (χ2n) is 5.38. The molecule has 1 N–H and O–H groups in total. The van der Waals surface area contributed by atoms with E-state index in [2.05, 4.69) is 10.2 Å². The molecular weight excluding hydrogens is 270 g/mol. The molecule has 1 unspecified atom stereocenters. The van der Waals surface area contributed by atoms with Gasteiger partial charge in [-0.15, -0.1) is 0 Å². The van der Waals surface area contributed by atoms with Crippen LogP contribution in [-0.4, -0.2) is 42.7 Å². The van der Waals surface area contributed by atoms with Gasteiger partial charge >= 0.3 is 0 Å². The van der Waals surface area contributed by atoms with E-state index in [4.69, 9.17) is 4.74 Å². The summed E-state index contributed by atoms with van der Waals surface area (Å²) in [5.74, 6) is 0. The van der Waals surface area contributed by atoms with E-state index in [9.17, 15) is 10.1 Å². The minimum Gasteiger partial charge on any atom is -0.380 e. The maximum absolute atomic E-state index is 11.2. The van der Waals surface area contributed by atoms with Crippen molar-refractivity contribution in [2.24, 2.45) is 0 Å². The van der Waals surface area contributed by atoms with Crippen molar-refractivity contribution in [1.29, 1.82) is 0 Å². The Morgan fingerprint density at radius 1 is 1.52 bits per heavy atom. The van der Waals surface area contributed by atoms with Crippen LogP contribution < -0.4 is 5.32 Å². The summed E-state index contributed by atoms with van der Waals surface area (Å²) in [6, 6.07) is 5.28. The van der Waals surface area contributed by atoms with E-state index in [1.54, 1.807) is 19.2 Å². The molecule has 1 aliphatic heterocycles. The molecule has 1 aromatic carbocycles. The SMILES string of the molecule is CCCNc1c(CN2CCC(OC)C2)cccc1[N+](=O)[O-]. The number of rotatable bonds is 7. The van der Waals surface area contributed by atoms with Gasteiger partial charge in [0.2, 0.25) is 0 Å². The van der Waals surface area contributed by atoms with Gasteiger partial charge in [-0.3, -0.25) is 15.0 Å². The number of nitrogens with one attached hydrogen (secondary N) is 1. The average molecular weight is 293 g/mol. The highest BCUT2D eigenvalue weighted by molar-refractivity contribution is 5.66. The second-order valence-corrected chi connectivity index (χ2v) is 5.38. The molecule has 1 heterocycles. The summed E-state index contributed by atoms with van der Waals surface area (Å²) in [6.07, 6.45) is 2.22. The molecule has 2 rings (SSSR count). The summed E-state index contributed by atoms with van der Waals surface area (Å²) in [7, 11) is 1.73. The topological polar surface area (TPSA) is 67.6 Å². The fourth-order valence-corrected chi connectivity index (χ4v) is 2.70. The van der Waals surface area contributed by atoms with Crippen LogP contribution in [0.5, 0.6) is 0 Å². The van der Waals surface area contributed by atoms with Crippen molar-refractivity contribution in [3.63, 3.8) is 0 Å². The van der Waals surface area contributed by atoms with Crippen LogP contribution >= 0.6 is 0 Å². The van der Waals surface area contributed by atoms with Gasteiger partial charge in [0, 0.05) is 39.4 Å². The first kappa shape index (κ1) is 15.7. The van der Waals surface area contributed by atoms with E-state index in [1.165, 1.54) is 0 Å². The van der Waals surface area contributed by atoms with E-state index in [0.29, 0.717) is 12.2 Å². The third-order valence-electron chi connectivity index (χ3n) is 3.83. The van der Waals surface area contributed by atoms with Gasteiger partial charge in [-0.05, 0) is 18.4 Å². The Morgan fingerprint density at radius 3 is 2.95 bits per heavy atom. The fraction of sp³-hybridized carbons (Fsp3) is 0.600. The number of likely N-dealkylation sites (tertiary alicyclic amines) is 1. The number of anilines is 1. The monoisotopic (exact) mass is 293 g/mol. The number of nitro benzene ring substituents is 1. The predicted octanol–water partition coefficient (Wildman–Crippen LogP) is 2.64. The Labute approximate surface area is 125 Å². The Bertz CT molecular complexity index is 493. The lowest BCUT2D eigenvalue weighted by Gasteiger charge is -2.18. The Kier molecular flexibility index (Phi) is 5.52. The van der Waals surface area contributed by atoms with Crippen molar-refractivity contribution in [3.05, 3.63) is 33.9 Å². The molecule has 0 amide bonds. The molecule has 116 valence electrons. The van der Waals surface area contributed by atoms with Crippen molar-refractivity contribution in [3.8, 4) is 0 Å². The van der Waals surface area contributed by atoms with Gasteiger partial charge in [-0.2, -0.15) is 0 Å². The molecule has 0 aromatic heterocycles. The number of hydrogen-bond acceptors (Lipinski definition) is 5. The normalized spacial score (nSPS) is 18.9. The minimum absolute atomic E-state index is 0.156. The molecule has 21 heavy (non-hydrogen) atoms. The maximum Gasteiger partial charge on any atom is 0.292 e. The zero-order chi connectivity index (χ0) is 15.2. The van der Waals surface area contributed by atoms with Crippen LogP contribution in [0.2, 0.25) is 0 Å². The van der Waals surface area contributed by atoms with E-state index < -0.39 is 0 Å². The van der Waals surface area contributed by atoms with E-state index >= 15 is 0 Å². The molecule has 1 saturated heterocycles. The number of ether oxygens (including phenoxy) is 1. The summed E-state index contributed by atoms with van der Waals surface area (Å²) in [5, 5.41) is 14.4. The molecule has 0 aliphatic carbocycles. The van der Waals surface area contributed by atoms with Gasteiger partial charge < -0.3 is 10.1 Å². The molecule has 0 radical (unpaired) electrons.